The third-order valence-electron chi connectivity index (χ3n) is 2.99. The van der Waals surface area contributed by atoms with Crippen LogP contribution in [0.2, 0.25) is 5.02 Å². The van der Waals surface area contributed by atoms with Crippen molar-refractivity contribution in [2.45, 2.75) is 13.8 Å². The Kier molecular flexibility index (Phi) is 5.33. The Morgan fingerprint density at radius 2 is 2.17 bits per heavy atom. The van der Waals surface area contributed by atoms with Crippen molar-refractivity contribution >= 4 is 23.5 Å². The van der Waals surface area contributed by atoms with Gasteiger partial charge >= 0.3 is 5.97 Å². The Labute approximate surface area is 136 Å². The highest BCUT2D eigenvalue weighted by atomic mass is 35.5. The number of nitrogens with zero attached hydrogens (tertiary/aromatic N) is 1. The van der Waals surface area contributed by atoms with E-state index in [0.717, 1.165) is 0 Å². The first kappa shape index (κ1) is 17.0. The number of benzene rings is 1. The summed E-state index contributed by atoms with van der Waals surface area (Å²) in [7, 11) is 0. The number of ether oxygens (including phenoxy) is 1. The van der Waals surface area contributed by atoms with E-state index in [1.54, 1.807) is 6.92 Å². The van der Waals surface area contributed by atoms with Gasteiger partial charge in [-0.05, 0) is 26.0 Å². The van der Waals surface area contributed by atoms with Gasteiger partial charge in [-0.15, -0.1) is 0 Å². The van der Waals surface area contributed by atoms with Crippen LogP contribution in [0.3, 0.4) is 0 Å². The van der Waals surface area contributed by atoms with Crippen molar-refractivity contribution in [1.29, 1.82) is 0 Å². The topological polar surface area (TPSA) is 81.4 Å². The molecule has 2 rings (SSSR count). The summed E-state index contributed by atoms with van der Waals surface area (Å²) in [6.07, 6.45) is 0. The minimum atomic E-state index is -0.634. The molecule has 0 saturated heterocycles. The predicted octanol–water partition coefficient (Wildman–Crippen LogP) is 2.74. The second kappa shape index (κ2) is 7.23. The molecule has 0 bridgehead atoms. The summed E-state index contributed by atoms with van der Waals surface area (Å²) in [5, 5.41) is 6.19. The van der Waals surface area contributed by atoms with Gasteiger partial charge in [0.2, 0.25) is 0 Å². The van der Waals surface area contributed by atoms with Crippen molar-refractivity contribution in [1.82, 2.24) is 10.5 Å². The first-order valence-corrected chi connectivity index (χ1v) is 7.18. The van der Waals surface area contributed by atoms with E-state index < -0.39 is 17.7 Å². The summed E-state index contributed by atoms with van der Waals surface area (Å²) in [4.78, 5) is 23.6. The number of hydrogen-bond donors (Lipinski definition) is 1. The molecule has 0 fully saturated rings. The molecule has 0 radical (unpaired) electrons. The van der Waals surface area contributed by atoms with Crippen LogP contribution in [-0.2, 0) is 9.53 Å². The highest BCUT2D eigenvalue weighted by Gasteiger charge is 2.25. The van der Waals surface area contributed by atoms with Crippen molar-refractivity contribution in [3.63, 3.8) is 0 Å². The van der Waals surface area contributed by atoms with Gasteiger partial charge < -0.3 is 14.6 Å². The molecule has 0 aliphatic rings. The standard InChI is InChI=1S/C15H14ClFN2O4/c1-3-22-11(20)7-18-15(21)12-8(2)23-19-14(12)13-9(16)5-4-6-10(13)17/h4-6H,3,7H2,1-2H3,(H,18,21). The van der Waals surface area contributed by atoms with Crippen LogP contribution >= 0.6 is 11.6 Å². The first-order valence-electron chi connectivity index (χ1n) is 6.80. The van der Waals surface area contributed by atoms with E-state index in [0.29, 0.717) is 0 Å². The van der Waals surface area contributed by atoms with E-state index in [2.05, 4.69) is 10.5 Å². The molecule has 23 heavy (non-hydrogen) atoms. The third kappa shape index (κ3) is 3.68. The molecule has 1 N–H and O–H groups in total. The van der Waals surface area contributed by atoms with Gasteiger partial charge in [0.1, 0.15) is 29.4 Å². The minimum absolute atomic E-state index is 0.0151. The molecule has 0 spiro atoms. The molecule has 1 amide bonds. The zero-order chi connectivity index (χ0) is 17.0. The molecule has 0 saturated carbocycles. The number of esters is 1. The summed E-state index contributed by atoms with van der Waals surface area (Å²) < 4.78 is 23.7. The molecule has 122 valence electrons. The fourth-order valence-electron chi connectivity index (χ4n) is 1.99. The molecule has 1 heterocycles. The molecule has 1 aromatic heterocycles. The molecule has 8 heteroatoms. The lowest BCUT2D eigenvalue weighted by molar-refractivity contribution is -0.141. The number of hydrogen-bond acceptors (Lipinski definition) is 5. The Morgan fingerprint density at radius 3 is 2.83 bits per heavy atom. The number of aromatic nitrogens is 1. The number of carbonyl (C=O) groups is 2. The van der Waals surface area contributed by atoms with E-state index in [-0.39, 0.29) is 40.8 Å². The van der Waals surface area contributed by atoms with Crippen LogP contribution in [0.5, 0.6) is 0 Å². The van der Waals surface area contributed by atoms with Crippen LogP contribution in [0.4, 0.5) is 4.39 Å². The summed E-state index contributed by atoms with van der Waals surface area (Å²) in [6, 6.07) is 4.12. The maximum absolute atomic E-state index is 14.0. The monoisotopic (exact) mass is 340 g/mol. The first-order chi connectivity index (χ1) is 11.0. The second-order valence-corrected chi connectivity index (χ2v) is 4.95. The van der Waals surface area contributed by atoms with E-state index in [1.807, 2.05) is 0 Å². The fourth-order valence-corrected chi connectivity index (χ4v) is 2.24. The van der Waals surface area contributed by atoms with Crippen molar-refractivity contribution in [2.24, 2.45) is 0 Å². The van der Waals surface area contributed by atoms with Crippen molar-refractivity contribution < 1.29 is 23.2 Å². The lowest BCUT2D eigenvalue weighted by Crippen LogP contribution is -2.31. The SMILES string of the molecule is CCOC(=O)CNC(=O)c1c(-c2c(F)cccc2Cl)noc1C. The largest absolute Gasteiger partial charge is 0.465 e. The smallest absolute Gasteiger partial charge is 0.325 e. The number of rotatable bonds is 5. The van der Waals surface area contributed by atoms with Gasteiger partial charge in [-0.25, -0.2) is 4.39 Å². The number of nitrogens with one attached hydrogen (secondary N) is 1. The lowest BCUT2D eigenvalue weighted by Gasteiger charge is -2.07. The maximum atomic E-state index is 14.0. The van der Waals surface area contributed by atoms with Gasteiger partial charge in [0.05, 0.1) is 17.2 Å². The molecule has 2 aromatic rings. The number of amides is 1. The molecule has 0 aliphatic carbocycles. The van der Waals surface area contributed by atoms with E-state index >= 15 is 0 Å². The molecule has 0 unspecified atom stereocenters. The average Bonchev–Trinajstić information content (AvgIpc) is 2.87. The Hall–Kier alpha value is -2.41. The number of halogens is 2. The molecule has 1 aromatic carbocycles. The van der Waals surface area contributed by atoms with E-state index in [1.165, 1.54) is 25.1 Å². The van der Waals surface area contributed by atoms with Gasteiger partial charge in [-0.3, -0.25) is 9.59 Å². The second-order valence-electron chi connectivity index (χ2n) is 4.55. The highest BCUT2D eigenvalue weighted by molar-refractivity contribution is 6.33. The van der Waals surface area contributed by atoms with Gasteiger partial charge in [-0.2, -0.15) is 0 Å². The highest BCUT2D eigenvalue weighted by Crippen LogP contribution is 2.33. The van der Waals surface area contributed by atoms with Crippen LogP contribution in [0.15, 0.2) is 22.7 Å². The zero-order valence-electron chi connectivity index (χ0n) is 12.5. The minimum Gasteiger partial charge on any atom is -0.465 e. The molecule has 0 atom stereocenters. The van der Waals surface area contributed by atoms with Crippen LogP contribution in [0.25, 0.3) is 11.3 Å². The molecule has 6 nitrogen and oxygen atoms in total. The van der Waals surface area contributed by atoms with Gasteiger partial charge in [0.15, 0.2) is 0 Å². The maximum Gasteiger partial charge on any atom is 0.325 e. The normalized spacial score (nSPS) is 10.4. The van der Waals surface area contributed by atoms with Crippen molar-refractivity contribution in [2.75, 3.05) is 13.2 Å². The Balaban J connectivity index is 2.32. The summed E-state index contributed by atoms with van der Waals surface area (Å²) in [5.74, 6) is -1.67. The molecular weight excluding hydrogens is 327 g/mol. The predicted molar refractivity (Wildman–Crippen MR) is 80.6 cm³/mol. The quantitative estimate of drug-likeness (QED) is 0.846. The van der Waals surface area contributed by atoms with Gasteiger partial charge in [0.25, 0.3) is 5.91 Å². The van der Waals surface area contributed by atoms with E-state index in [9.17, 15) is 14.0 Å². The fraction of sp³-hybridized carbons (Fsp3) is 0.267. The van der Waals surface area contributed by atoms with Crippen molar-refractivity contribution in [3.8, 4) is 11.3 Å². The zero-order valence-corrected chi connectivity index (χ0v) is 13.2. The lowest BCUT2D eigenvalue weighted by atomic mass is 10.0. The average molecular weight is 341 g/mol. The number of aryl methyl sites for hydroxylation is 1. The van der Waals surface area contributed by atoms with Crippen LogP contribution < -0.4 is 5.32 Å². The summed E-state index contributed by atoms with van der Waals surface area (Å²) in [5.41, 5.74) is -0.0411. The van der Waals surface area contributed by atoms with Crippen LogP contribution in [0.1, 0.15) is 23.0 Å². The van der Waals surface area contributed by atoms with E-state index in [4.69, 9.17) is 20.9 Å². The molecular formula is C15H14ClFN2O4. The van der Waals surface area contributed by atoms with Crippen molar-refractivity contribution in [3.05, 3.63) is 40.4 Å². The summed E-state index contributed by atoms with van der Waals surface area (Å²) in [6.45, 7) is 3.05. The van der Waals surface area contributed by atoms with Gasteiger partial charge in [-0.1, -0.05) is 22.8 Å². The Morgan fingerprint density at radius 1 is 1.43 bits per heavy atom. The van der Waals surface area contributed by atoms with Gasteiger partial charge in [0, 0.05) is 0 Å². The molecule has 0 aliphatic heterocycles. The third-order valence-corrected chi connectivity index (χ3v) is 3.30. The summed E-state index contributed by atoms with van der Waals surface area (Å²) >= 11 is 5.99. The Bertz CT molecular complexity index is 725. The van der Waals surface area contributed by atoms with Crippen LogP contribution in [-0.4, -0.2) is 30.2 Å². The number of carbonyl (C=O) groups excluding carboxylic acids is 2. The van der Waals surface area contributed by atoms with Crippen LogP contribution in [0, 0.1) is 12.7 Å².